The number of fused-ring (bicyclic) bond motifs is 7. The molecule has 8 unspecified atom stereocenters. The molecule has 8 rings (SSSR count). The molecule has 406 valence electrons. The van der Waals surface area contributed by atoms with Gasteiger partial charge in [-0.15, -0.1) is 0 Å². The van der Waals surface area contributed by atoms with E-state index in [0.29, 0.717) is 32.1 Å². The second kappa shape index (κ2) is 19.5. The number of carbonyl (C=O) groups is 2. The molecule has 25 atom stereocenters. The number of aliphatic hydroxyl groups excluding tert-OH is 10. The Labute approximate surface area is 414 Å². The molecule has 11 N–H and O–H groups in total. The molecule has 5 aliphatic carbocycles. The van der Waals surface area contributed by atoms with Gasteiger partial charge in [0.25, 0.3) is 0 Å². The van der Waals surface area contributed by atoms with Crippen LogP contribution in [0.5, 0.6) is 0 Å². The Balaban J connectivity index is 1.11. The van der Waals surface area contributed by atoms with Crippen molar-refractivity contribution >= 4 is 11.9 Å². The summed E-state index contributed by atoms with van der Waals surface area (Å²) < 4.78 is 48.1. The zero-order valence-corrected chi connectivity index (χ0v) is 42.3. The molecule has 0 aromatic carbocycles. The number of rotatable bonds is 12. The minimum atomic E-state index is -2.08. The highest BCUT2D eigenvalue weighted by molar-refractivity contribution is 5.73. The quantitative estimate of drug-likeness (QED) is 0.0666. The van der Waals surface area contributed by atoms with Crippen molar-refractivity contribution in [2.45, 2.75) is 211 Å². The summed E-state index contributed by atoms with van der Waals surface area (Å²) in [6, 6.07) is 0. The summed E-state index contributed by atoms with van der Waals surface area (Å²) in [7, 11) is 1.56. The number of carboxylic acids is 1. The van der Waals surface area contributed by atoms with Crippen LogP contribution in [0.25, 0.3) is 0 Å². The van der Waals surface area contributed by atoms with Crippen LogP contribution in [-0.4, -0.2) is 205 Å². The summed E-state index contributed by atoms with van der Waals surface area (Å²) in [4.78, 5) is 25.2. The molecular formula is C50H80O21. The Hall–Kier alpha value is -2.00. The number of carbonyl (C=O) groups excluding carboxylic acids is 1. The summed E-state index contributed by atoms with van der Waals surface area (Å²) in [6.45, 7) is 14.8. The van der Waals surface area contributed by atoms with Gasteiger partial charge in [0.15, 0.2) is 25.0 Å². The summed E-state index contributed by atoms with van der Waals surface area (Å²) in [6.07, 6.45) is -21.8. The minimum absolute atomic E-state index is 0.0138. The third-order valence-electron chi connectivity index (χ3n) is 19.8. The Morgan fingerprint density at radius 3 is 1.87 bits per heavy atom. The van der Waals surface area contributed by atoms with Crippen LogP contribution in [-0.2, 0) is 47.5 Å². The van der Waals surface area contributed by atoms with Gasteiger partial charge >= 0.3 is 11.9 Å². The molecule has 0 bridgehead atoms. The van der Waals surface area contributed by atoms with E-state index in [-0.39, 0.29) is 35.2 Å². The molecule has 8 aliphatic rings. The average Bonchev–Trinajstić information content (AvgIpc) is 3.56. The molecule has 0 radical (unpaired) electrons. The van der Waals surface area contributed by atoms with Crippen molar-refractivity contribution in [2.24, 2.45) is 50.2 Å². The van der Waals surface area contributed by atoms with Crippen molar-refractivity contribution in [1.29, 1.82) is 0 Å². The fraction of sp³-hybridized carbons (Fsp3) is 0.920. The van der Waals surface area contributed by atoms with E-state index < -0.39 is 157 Å². The van der Waals surface area contributed by atoms with Gasteiger partial charge in [-0.05, 0) is 89.8 Å². The van der Waals surface area contributed by atoms with Crippen LogP contribution < -0.4 is 0 Å². The molecule has 3 saturated heterocycles. The second-order valence-corrected chi connectivity index (χ2v) is 24.1. The zero-order chi connectivity index (χ0) is 52.3. The van der Waals surface area contributed by atoms with E-state index in [4.69, 9.17) is 37.9 Å². The van der Waals surface area contributed by atoms with Crippen molar-refractivity contribution in [3.8, 4) is 0 Å². The number of methoxy groups -OCH3 is 1. The summed E-state index contributed by atoms with van der Waals surface area (Å²) in [5.74, 6) is -2.36. The first-order chi connectivity index (χ1) is 33.1. The first-order valence-electron chi connectivity index (χ1n) is 25.3. The van der Waals surface area contributed by atoms with Gasteiger partial charge < -0.3 is 94.1 Å². The maximum absolute atomic E-state index is 12.8. The number of carboxylic acid groups (broad SMARTS) is 1. The van der Waals surface area contributed by atoms with E-state index in [1.54, 1.807) is 7.11 Å². The lowest BCUT2D eigenvalue weighted by molar-refractivity contribution is -0.386. The number of ether oxygens (including phenoxy) is 8. The van der Waals surface area contributed by atoms with Crippen molar-refractivity contribution in [3.63, 3.8) is 0 Å². The monoisotopic (exact) mass is 1020 g/mol. The van der Waals surface area contributed by atoms with E-state index in [2.05, 4.69) is 54.5 Å². The molecular weight excluding hydrogens is 937 g/mol. The number of aliphatic carboxylic acids is 1. The normalized spacial score (nSPS) is 52.3. The minimum Gasteiger partial charge on any atom is -0.479 e. The zero-order valence-electron chi connectivity index (χ0n) is 42.3. The fourth-order valence-corrected chi connectivity index (χ4v) is 15.8. The molecule has 7 fully saturated rings. The van der Waals surface area contributed by atoms with Crippen LogP contribution in [0.2, 0.25) is 0 Å². The Morgan fingerprint density at radius 1 is 0.704 bits per heavy atom. The van der Waals surface area contributed by atoms with Crippen LogP contribution in [0, 0.1) is 50.2 Å². The van der Waals surface area contributed by atoms with Crippen LogP contribution in [0.1, 0.15) is 100 Å². The van der Waals surface area contributed by atoms with E-state index in [9.17, 15) is 65.8 Å². The van der Waals surface area contributed by atoms with Crippen molar-refractivity contribution in [2.75, 3.05) is 26.9 Å². The second-order valence-electron chi connectivity index (χ2n) is 24.1. The molecule has 71 heavy (non-hydrogen) atoms. The van der Waals surface area contributed by atoms with Crippen LogP contribution >= 0.6 is 0 Å². The van der Waals surface area contributed by atoms with Crippen molar-refractivity contribution in [1.82, 2.24) is 0 Å². The molecule has 21 heteroatoms. The third kappa shape index (κ3) is 8.56. The molecule has 0 aromatic heterocycles. The van der Waals surface area contributed by atoms with Crippen LogP contribution in [0.15, 0.2) is 11.6 Å². The largest absolute Gasteiger partial charge is 0.479 e. The van der Waals surface area contributed by atoms with Crippen LogP contribution in [0.4, 0.5) is 0 Å². The van der Waals surface area contributed by atoms with Gasteiger partial charge in [0.1, 0.15) is 67.6 Å². The number of allylic oxidation sites excluding steroid dienone is 2. The average molecular weight is 1020 g/mol. The molecule has 3 heterocycles. The Kier molecular flexibility index (Phi) is 15.2. The lowest BCUT2D eigenvalue weighted by Gasteiger charge is -2.72. The highest BCUT2D eigenvalue weighted by Gasteiger charge is 2.73. The SMILES string of the molecule is CO[C@H]1[C@H](O)[C@@]2(COC(C)=O)C(CC1(C)C)C1=CCC3[C@@]4(C)CC[C@H](O[C@@H]5OC(C(=O)O)[C@@H](O)C(O[C@@H]6O[C@@H](CO)C(O)[C@@H]6O)[C@@H]5O[C@@H]5OC(CO)[C@H](O)C(O)[C@@H]5O)C(C)(C)C4CC[C@@]3(C)[C@]1(C)C[C@H]2O. The molecule has 4 saturated carbocycles. The van der Waals surface area contributed by atoms with E-state index in [0.717, 1.165) is 18.4 Å². The molecule has 3 aliphatic heterocycles. The highest BCUT2D eigenvalue weighted by atomic mass is 16.8. The fourth-order valence-electron chi connectivity index (χ4n) is 15.8. The third-order valence-corrected chi connectivity index (χ3v) is 19.8. The van der Waals surface area contributed by atoms with Gasteiger partial charge in [-0.3, -0.25) is 4.79 Å². The van der Waals surface area contributed by atoms with E-state index >= 15 is 0 Å². The van der Waals surface area contributed by atoms with Crippen LogP contribution in [0.3, 0.4) is 0 Å². The maximum Gasteiger partial charge on any atom is 0.335 e. The smallest absolute Gasteiger partial charge is 0.335 e. The number of hydrogen-bond donors (Lipinski definition) is 11. The molecule has 0 aromatic rings. The Morgan fingerprint density at radius 2 is 1.30 bits per heavy atom. The topological polar surface area (TPSA) is 331 Å². The highest BCUT2D eigenvalue weighted by Crippen LogP contribution is 2.76. The van der Waals surface area contributed by atoms with Gasteiger partial charge in [-0.1, -0.05) is 60.1 Å². The summed E-state index contributed by atoms with van der Waals surface area (Å²) in [5, 5.41) is 120. The summed E-state index contributed by atoms with van der Waals surface area (Å²) in [5.41, 5.74) is -2.41. The first-order valence-corrected chi connectivity index (χ1v) is 25.3. The molecule has 0 spiro atoms. The standard InChI is InChI=1S/C50H80O21/c1-21(53)65-20-50-23(16-45(2,3)40(64-9)39(50)61)22-10-11-27-47(6)14-13-29(46(4,5)26(47)12-15-48(27,7)49(22,8)17-28(50)54)68-44-38(71-43-34(59)32(57)30(55)24(18-51)66-43)36(35(60)37(70-44)41(62)63)69-42-33(58)31(56)25(19-52)67-42/h10,23-40,42-44,51-52,54-61H,11-20H2,1-9H3,(H,62,63)/t23?,24?,25-,26?,27?,28+,29-,30-,31?,32?,33-,34-,35-,36?,37?,38-,39-,40-,42-,43-,44+,47-,48+,49+,50-/m0/s1. The van der Waals surface area contributed by atoms with Crippen molar-refractivity contribution in [3.05, 3.63) is 11.6 Å². The summed E-state index contributed by atoms with van der Waals surface area (Å²) >= 11 is 0. The molecule has 21 nitrogen and oxygen atoms in total. The van der Waals surface area contributed by atoms with Gasteiger partial charge in [0, 0.05) is 14.0 Å². The lowest BCUT2D eigenvalue weighted by Crippen LogP contribution is -2.72. The number of esters is 1. The number of aliphatic hydroxyl groups is 10. The van der Waals surface area contributed by atoms with Gasteiger partial charge in [0.05, 0.1) is 43.0 Å². The van der Waals surface area contributed by atoms with Gasteiger partial charge in [-0.2, -0.15) is 0 Å². The lowest BCUT2D eigenvalue weighted by atomic mass is 9.33. The predicted molar refractivity (Wildman–Crippen MR) is 243 cm³/mol. The predicted octanol–water partition coefficient (Wildman–Crippen LogP) is -0.517. The Bertz CT molecular complexity index is 1980. The van der Waals surface area contributed by atoms with Crippen molar-refractivity contribution < 1.29 is 104 Å². The molecule has 0 amide bonds. The van der Waals surface area contributed by atoms with Gasteiger partial charge in [-0.25, -0.2) is 4.79 Å². The van der Waals surface area contributed by atoms with Gasteiger partial charge in [0.2, 0.25) is 0 Å². The maximum atomic E-state index is 12.8. The van der Waals surface area contributed by atoms with E-state index in [1.165, 1.54) is 6.92 Å². The van der Waals surface area contributed by atoms with E-state index in [1.807, 2.05) is 0 Å². The number of hydrogen-bond acceptors (Lipinski definition) is 20. The first kappa shape index (κ1) is 55.2.